The van der Waals surface area contributed by atoms with Crippen molar-refractivity contribution in [3.8, 4) is 0 Å². The summed E-state index contributed by atoms with van der Waals surface area (Å²) in [7, 11) is 2.40. The van der Waals surface area contributed by atoms with E-state index in [1.807, 2.05) is 0 Å². The van der Waals surface area contributed by atoms with Crippen molar-refractivity contribution in [1.29, 1.82) is 0 Å². The molecule has 2 aliphatic rings. The Bertz CT molecular complexity index is 388. The first-order valence-electron chi connectivity index (χ1n) is 7.14. The van der Waals surface area contributed by atoms with Crippen LogP contribution in [0.1, 0.15) is 43.4 Å². The van der Waals surface area contributed by atoms with Crippen LogP contribution in [0.25, 0.3) is 0 Å². The van der Waals surface area contributed by atoms with Gasteiger partial charge in [0.25, 0.3) is 0 Å². The first-order chi connectivity index (χ1) is 8.27. The summed E-state index contributed by atoms with van der Waals surface area (Å²) < 4.78 is 3.49. The molecular formula is C14H24N3+. The molecule has 1 aromatic heterocycles. The first kappa shape index (κ1) is 11.3. The van der Waals surface area contributed by atoms with E-state index >= 15 is 0 Å². The molecule has 0 unspecified atom stereocenters. The Labute approximate surface area is 104 Å². The molecule has 0 spiro atoms. The number of nitrogens with zero attached hydrogens (tertiary/aromatic N) is 3. The summed E-state index contributed by atoms with van der Waals surface area (Å²) in [5, 5.41) is 4.64. The maximum atomic E-state index is 4.64. The van der Waals surface area contributed by atoms with Gasteiger partial charge in [0, 0.05) is 5.69 Å². The fourth-order valence-electron chi connectivity index (χ4n) is 3.42. The molecule has 1 aliphatic carbocycles. The molecule has 17 heavy (non-hydrogen) atoms. The summed E-state index contributed by atoms with van der Waals surface area (Å²) in [6.07, 6.45) is 11.5. The van der Waals surface area contributed by atoms with Gasteiger partial charge in [0.2, 0.25) is 0 Å². The van der Waals surface area contributed by atoms with Crippen LogP contribution in [-0.2, 0) is 19.5 Å². The molecule has 1 aromatic rings. The lowest BCUT2D eigenvalue weighted by molar-refractivity contribution is -0.935. The van der Waals surface area contributed by atoms with E-state index in [4.69, 9.17) is 0 Å². The largest absolute Gasteiger partial charge is 0.307 e. The van der Waals surface area contributed by atoms with Crippen LogP contribution in [0.3, 0.4) is 0 Å². The fraction of sp³-hybridized carbons (Fsp3) is 0.786. The van der Waals surface area contributed by atoms with Gasteiger partial charge in [-0.05, 0) is 50.5 Å². The average Bonchev–Trinajstić information content (AvgIpc) is 2.73. The minimum Gasteiger partial charge on any atom is -0.307 e. The van der Waals surface area contributed by atoms with Crippen molar-refractivity contribution < 1.29 is 4.48 Å². The second-order valence-corrected chi connectivity index (χ2v) is 6.09. The van der Waals surface area contributed by atoms with Crippen LogP contribution in [-0.4, -0.2) is 34.4 Å². The molecule has 0 bridgehead atoms. The molecule has 1 aliphatic heterocycles. The third kappa shape index (κ3) is 2.25. The number of quaternary nitrogens is 1. The van der Waals surface area contributed by atoms with Gasteiger partial charge >= 0.3 is 0 Å². The smallest absolute Gasteiger partial charge is 0.174 e. The minimum atomic E-state index is 1.09. The van der Waals surface area contributed by atoms with Crippen molar-refractivity contribution in [3.63, 3.8) is 0 Å². The van der Waals surface area contributed by atoms with Gasteiger partial charge in [0.15, 0.2) is 6.67 Å². The zero-order chi connectivity index (χ0) is 11.7. The number of aromatic nitrogens is 2. The third-order valence-electron chi connectivity index (χ3n) is 4.52. The van der Waals surface area contributed by atoms with Crippen LogP contribution in [0.2, 0.25) is 0 Å². The van der Waals surface area contributed by atoms with Crippen molar-refractivity contribution in [2.24, 2.45) is 0 Å². The van der Waals surface area contributed by atoms with E-state index < -0.39 is 0 Å². The maximum Gasteiger partial charge on any atom is 0.174 e. The van der Waals surface area contributed by atoms with Gasteiger partial charge in [-0.3, -0.25) is 0 Å². The van der Waals surface area contributed by atoms with E-state index in [-0.39, 0.29) is 0 Å². The van der Waals surface area contributed by atoms with E-state index in [1.54, 1.807) is 0 Å². The number of hydrogen-bond donors (Lipinski definition) is 0. The van der Waals surface area contributed by atoms with Gasteiger partial charge < -0.3 is 4.48 Å². The lowest BCUT2D eigenvalue weighted by Crippen LogP contribution is -2.49. The van der Waals surface area contributed by atoms with Crippen LogP contribution in [0, 0.1) is 0 Å². The summed E-state index contributed by atoms with van der Waals surface area (Å²) in [6, 6.07) is 0. The molecule has 0 amide bonds. The first-order valence-corrected chi connectivity index (χ1v) is 7.14. The van der Waals surface area contributed by atoms with Crippen molar-refractivity contribution in [2.75, 3.05) is 20.1 Å². The molecule has 1 saturated heterocycles. The number of hydrogen-bond acceptors (Lipinski definition) is 1. The monoisotopic (exact) mass is 234 g/mol. The van der Waals surface area contributed by atoms with E-state index in [9.17, 15) is 0 Å². The molecule has 0 aromatic carbocycles. The highest BCUT2D eigenvalue weighted by Gasteiger charge is 2.27. The Morgan fingerprint density at radius 3 is 2.71 bits per heavy atom. The van der Waals surface area contributed by atoms with Crippen molar-refractivity contribution >= 4 is 0 Å². The molecule has 3 rings (SSSR count). The number of rotatable bonds is 2. The van der Waals surface area contributed by atoms with Crippen molar-refractivity contribution in [1.82, 2.24) is 9.78 Å². The Morgan fingerprint density at radius 1 is 1.12 bits per heavy atom. The maximum absolute atomic E-state index is 4.64. The normalized spacial score (nSPS) is 23.4. The van der Waals surface area contributed by atoms with Gasteiger partial charge in [-0.1, -0.05) is 0 Å². The number of fused-ring (bicyclic) bond motifs is 1. The standard InChI is InChI=1S/C14H24N3/c1-17(9-5-2-6-10-17)12-16-14-8-4-3-7-13(14)11-15-16/h11H,2-10,12H2,1H3/q+1. The quantitative estimate of drug-likeness (QED) is 0.718. The summed E-state index contributed by atoms with van der Waals surface area (Å²) in [5.41, 5.74) is 3.04. The Kier molecular flexibility index (Phi) is 2.95. The summed E-state index contributed by atoms with van der Waals surface area (Å²) >= 11 is 0. The summed E-state index contributed by atoms with van der Waals surface area (Å²) in [4.78, 5) is 0. The molecule has 0 radical (unpaired) electrons. The van der Waals surface area contributed by atoms with Crippen LogP contribution in [0.5, 0.6) is 0 Å². The minimum absolute atomic E-state index is 1.09. The van der Waals surface area contributed by atoms with Gasteiger partial charge in [-0.15, -0.1) is 0 Å². The second-order valence-electron chi connectivity index (χ2n) is 6.09. The lowest BCUT2D eigenvalue weighted by Gasteiger charge is -2.37. The SMILES string of the molecule is C[N+]1(Cn2ncc3c2CCCC3)CCCCC1. The van der Waals surface area contributed by atoms with Gasteiger partial charge in [0.05, 0.1) is 26.3 Å². The third-order valence-corrected chi connectivity index (χ3v) is 4.52. The second kappa shape index (κ2) is 4.45. The van der Waals surface area contributed by atoms with Crippen LogP contribution >= 0.6 is 0 Å². The van der Waals surface area contributed by atoms with Gasteiger partial charge in [-0.25, -0.2) is 4.68 Å². The van der Waals surface area contributed by atoms with Gasteiger partial charge in [0.1, 0.15) is 0 Å². The van der Waals surface area contributed by atoms with Crippen molar-refractivity contribution in [3.05, 3.63) is 17.5 Å². The Morgan fingerprint density at radius 2 is 1.88 bits per heavy atom. The van der Waals surface area contributed by atoms with Crippen LogP contribution < -0.4 is 0 Å². The molecular weight excluding hydrogens is 210 g/mol. The highest BCUT2D eigenvalue weighted by atomic mass is 15.5. The van der Waals surface area contributed by atoms with Crippen LogP contribution in [0.4, 0.5) is 0 Å². The van der Waals surface area contributed by atoms with Gasteiger partial charge in [-0.2, -0.15) is 5.10 Å². The summed E-state index contributed by atoms with van der Waals surface area (Å²) in [6.45, 7) is 3.75. The van der Waals surface area contributed by atoms with E-state index in [1.165, 1.54) is 73.8 Å². The lowest BCUT2D eigenvalue weighted by atomic mass is 9.98. The van der Waals surface area contributed by atoms with Crippen LogP contribution in [0.15, 0.2) is 6.20 Å². The van der Waals surface area contributed by atoms with Crippen molar-refractivity contribution in [2.45, 2.75) is 51.6 Å². The summed E-state index contributed by atoms with van der Waals surface area (Å²) in [5.74, 6) is 0. The fourth-order valence-corrected chi connectivity index (χ4v) is 3.42. The predicted molar refractivity (Wildman–Crippen MR) is 68.6 cm³/mol. The highest BCUT2D eigenvalue weighted by Crippen LogP contribution is 2.23. The average molecular weight is 234 g/mol. The molecule has 94 valence electrons. The van der Waals surface area contributed by atoms with E-state index in [2.05, 4.69) is 23.0 Å². The van der Waals surface area contributed by atoms with E-state index in [0.717, 1.165) is 6.67 Å². The molecule has 0 atom stereocenters. The number of aryl methyl sites for hydroxylation is 1. The molecule has 0 saturated carbocycles. The van der Waals surface area contributed by atoms with E-state index in [0.29, 0.717) is 0 Å². The molecule has 2 heterocycles. The zero-order valence-corrected chi connectivity index (χ0v) is 11.0. The predicted octanol–water partition coefficient (Wildman–Crippen LogP) is 2.35. The molecule has 0 N–H and O–H groups in total. The molecule has 3 heteroatoms. The zero-order valence-electron chi connectivity index (χ0n) is 11.0. The topological polar surface area (TPSA) is 17.8 Å². The Hall–Kier alpha value is -0.830. The number of piperidine rings is 1. The molecule has 1 fully saturated rings. The molecule has 3 nitrogen and oxygen atoms in total. The number of likely N-dealkylation sites (tertiary alicyclic amines) is 1. The highest BCUT2D eigenvalue weighted by molar-refractivity contribution is 5.20. The Balaban J connectivity index is 1.78.